The molecular formula is C25H26O5. The summed E-state index contributed by atoms with van der Waals surface area (Å²) in [6.07, 6.45) is 8.32. The second-order valence-corrected chi connectivity index (χ2v) is 6.48. The Balaban J connectivity index is 2.24. The first-order valence-corrected chi connectivity index (χ1v) is 9.70. The maximum atomic E-state index is 12.7. The monoisotopic (exact) mass is 406 g/mol. The largest absolute Gasteiger partial charge is 0.481 e. The van der Waals surface area contributed by atoms with Crippen molar-refractivity contribution >= 4 is 17.8 Å². The second kappa shape index (κ2) is 11.4. The van der Waals surface area contributed by atoms with Crippen LogP contribution < -0.4 is 9.47 Å². The Hall–Kier alpha value is -3.60. The third-order valence-electron chi connectivity index (χ3n) is 4.28. The lowest BCUT2D eigenvalue weighted by Gasteiger charge is -2.12. The van der Waals surface area contributed by atoms with Gasteiger partial charge >= 0.3 is 5.97 Å². The third-order valence-corrected chi connectivity index (χ3v) is 4.28. The molecule has 0 saturated carbocycles. The van der Waals surface area contributed by atoms with E-state index in [4.69, 9.17) is 14.6 Å². The van der Waals surface area contributed by atoms with Gasteiger partial charge in [-0.25, -0.2) is 4.79 Å². The molecule has 0 aliphatic heterocycles. The number of rotatable bonds is 11. The summed E-state index contributed by atoms with van der Waals surface area (Å²) in [7, 11) is 0. The summed E-state index contributed by atoms with van der Waals surface area (Å²) in [4.78, 5) is 23.6. The molecule has 0 atom stereocenters. The Morgan fingerprint density at radius 2 is 1.87 bits per heavy atom. The van der Waals surface area contributed by atoms with Gasteiger partial charge in [-0.2, -0.15) is 0 Å². The van der Waals surface area contributed by atoms with Gasteiger partial charge in [-0.3, -0.25) is 4.79 Å². The minimum Gasteiger partial charge on any atom is -0.481 e. The summed E-state index contributed by atoms with van der Waals surface area (Å²) < 4.78 is 11.1. The van der Waals surface area contributed by atoms with Crippen LogP contribution in [0.15, 0.2) is 73.0 Å². The van der Waals surface area contributed by atoms with Crippen molar-refractivity contribution < 1.29 is 24.2 Å². The second-order valence-electron chi connectivity index (χ2n) is 6.48. The molecule has 0 radical (unpaired) electrons. The molecular weight excluding hydrogens is 380 g/mol. The fourth-order valence-corrected chi connectivity index (χ4v) is 2.71. The summed E-state index contributed by atoms with van der Waals surface area (Å²) in [5, 5.41) is 8.94. The van der Waals surface area contributed by atoms with E-state index in [2.05, 4.69) is 6.58 Å². The van der Waals surface area contributed by atoms with Crippen LogP contribution in [-0.4, -0.2) is 23.5 Å². The zero-order valence-corrected chi connectivity index (χ0v) is 17.3. The standard InChI is InChI=1S/C25H26O5/c1-4-7-18-8-10-19(11-9-18)12-15-23(26)22-14-13-21(30-20(5-2)6-3)16-24(22)29-17-25(27)28/h4-5,8-16H,1,6-7,17H2,2-3H3,(H,27,28)/b15-12+,20-5+. The van der Waals surface area contributed by atoms with Gasteiger partial charge in [0.1, 0.15) is 11.5 Å². The molecule has 30 heavy (non-hydrogen) atoms. The first-order chi connectivity index (χ1) is 14.5. The third kappa shape index (κ3) is 6.78. The number of hydrogen-bond acceptors (Lipinski definition) is 4. The summed E-state index contributed by atoms with van der Waals surface area (Å²) in [6.45, 7) is 7.00. The topological polar surface area (TPSA) is 72.8 Å². The van der Waals surface area contributed by atoms with Crippen LogP contribution in [0.25, 0.3) is 6.08 Å². The number of carboxylic acid groups (broad SMARTS) is 1. The Kier molecular flexibility index (Phi) is 8.63. The quantitative estimate of drug-likeness (QED) is 0.232. The number of benzene rings is 2. The van der Waals surface area contributed by atoms with Gasteiger partial charge in [0.2, 0.25) is 0 Å². The molecule has 0 saturated heterocycles. The van der Waals surface area contributed by atoms with Crippen molar-refractivity contribution in [3.8, 4) is 11.5 Å². The van der Waals surface area contributed by atoms with Crippen molar-refractivity contribution in [3.05, 3.63) is 89.7 Å². The predicted octanol–water partition coefficient (Wildman–Crippen LogP) is 5.47. The van der Waals surface area contributed by atoms with Gasteiger partial charge in [-0.05, 0) is 48.8 Å². The van der Waals surface area contributed by atoms with Gasteiger partial charge in [-0.15, -0.1) is 6.58 Å². The van der Waals surface area contributed by atoms with Crippen molar-refractivity contribution in [2.24, 2.45) is 0 Å². The van der Waals surface area contributed by atoms with Crippen LogP contribution >= 0.6 is 0 Å². The minimum atomic E-state index is -1.13. The van der Waals surface area contributed by atoms with E-state index in [9.17, 15) is 9.59 Å². The van der Waals surface area contributed by atoms with E-state index in [0.29, 0.717) is 12.2 Å². The van der Waals surface area contributed by atoms with Crippen LogP contribution in [0.1, 0.15) is 41.8 Å². The lowest BCUT2D eigenvalue weighted by atomic mass is 10.1. The number of allylic oxidation sites excluding steroid dienone is 4. The summed E-state index contributed by atoms with van der Waals surface area (Å²) in [6, 6.07) is 12.6. The maximum absolute atomic E-state index is 12.7. The minimum absolute atomic E-state index is 0.164. The van der Waals surface area contributed by atoms with Crippen LogP contribution in [-0.2, 0) is 11.2 Å². The van der Waals surface area contributed by atoms with Gasteiger partial charge in [0.15, 0.2) is 12.4 Å². The molecule has 0 unspecified atom stereocenters. The predicted molar refractivity (Wildman–Crippen MR) is 118 cm³/mol. The lowest BCUT2D eigenvalue weighted by Crippen LogP contribution is -2.12. The number of ketones is 1. The van der Waals surface area contributed by atoms with Crippen LogP contribution in [0, 0.1) is 0 Å². The molecule has 5 heteroatoms. The average Bonchev–Trinajstić information content (AvgIpc) is 2.75. The van der Waals surface area contributed by atoms with Crippen LogP contribution in [0.3, 0.4) is 0 Å². The first kappa shape index (κ1) is 22.7. The normalized spacial score (nSPS) is 11.3. The van der Waals surface area contributed by atoms with Gasteiger partial charge in [0.25, 0.3) is 0 Å². The maximum Gasteiger partial charge on any atom is 0.341 e. The zero-order chi connectivity index (χ0) is 21.9. The highest BCUT2D eigenvalue weighted by Crippen LogP contribution is 2.27. The molecule has 156 valence electrons. The van der Waals surface area contributed by atoms with E-state index in [1.165, 1.54) is 12.1 Å². The van der Waals surface area contributed by atoms with E-state index >= 15 is 0 Å². The fraction of sp³-hybridized carbons (Fsp3) is 0.200. The molecule has 0 aromatic heterocycles. The van der Waals surface area contributed by atoms with Gasteiger partial charge in [0.05, 0.1) is 11.3 Å². The van der Waals surface area contributed by atoms with Crippen molar-refractivity contribution in [2.75, 3.05) is 6.61 Å². The number of ether oxygens (including phenoxy) is 2. The Bertz CT molecular complexity index is 952. The molecule has 0 heterocycles. The number of carbonyl (C=O) groups is 2. The number of hydrogen-bond donors (Lipinski definition) is 1. The lowest BCUT2D eigenvalue weighted by molar-refractivity contribution is -0.139. The fourth-order valence-electron chi connectivity index (χ4n) is 2.71. The van der Waals surface area contributed by atoms with E-state index < -0.39 is 12.6 Å². The highest BCUT2D eigenvalue weighted by Gasteiger charge is 2.14. The van der Waals surface area contributed by atoms with Crippen LogP contribution in [0.2, 0.25) is 0 Å². The number of carboxylic acids is 1. The van der Waals surface area contributed by atoms with Gasteiger partial charge < -0.3 is 14.6 Å². The molecule has 0 aliphatic rings. The molecule has 1 N–H and O–H groups in total. The Morgan fingerprint density at radius 3 is 2.47 bits per heavy atom. The molecule has 5 nitrogen and oxygen atoms in total. The van der Waals surface area contributed by atoms with E-state index in [-0.39, 0.29) is 17.1 Å². The summed E-state index contributed by atoms with van der Waals surface area (Å²) >= 11 is 0. The number of aliphatic carboxylic acids is 1. The van der Waals surface area contributed by atoms with Gasteiger partial charge in [0, 0.05) is 12.5 Å². The van der Waals surface area contributed by atoms with Crippen LogP contribution in [0.5, 0.6) is 11.5 Å². The summed E-state index contributed by atoms with van der Waals surface area (Å²) in [5.41, 5.74) is 2.28. The molecule has 0 fully saturated rings. The molecule has 0 spiro atoms. The SMILES string of the molecule is C=CCc1ccc(/C=C/C(=O)c2ccc(O/C(=C/C)CC)cc2OCC(=O)O)cc1. The molecule has 2 rings (SSSR count). The first-order valence-electron chi connectivity index (χ1n) is 9.70. The van der Waals surface area contributed by atoms with Crippen molar-refractivity contribution in [2.45, 2.75) is 26.7 Å². The van der Waals surface area contributed by atoms with Crippen LogP contribution in [0.4, 0.5) is 0 Å². The highest BCUT2D eigenvalue weighted by molar-refractivity contribution is 6.08. The number of carbonyl (C=O) groups excluding carboxylic acids is 1. The van der Waals surface area contributed by atoms with E-state index in [0.717, 1.165) is 23.3 Å². The average molecular weight is 406 g/mol. The van der Waals surface area contributed by atoms with Crippen molar-refractivity contribution in [3.63, 3.8) is 0 Å². The molecule has 0 bridgehead atoms. The highest BCUT2D eigenvalue weighted by atomic mass is 16.5. The van der Waals surface area contributed by atoms with Crippen molar-refractivity contribution in [1.82, 2.24) is 0 Å². The molecule has 0 aliphatic carbocycles. The molecule has 0 amide bonds. The van der Waals surface area contributed by atoms with E-state index in [1.807, 2.05) is 50.3 Å². The smallest absolute Gasteiger partial charge is 0.341 e. The van der Waals surface area contributed by atoms with E-state index in [1.54, 1.807) is 18.2 Å². The molecule has 2 aromatic carbocycles. The Morgan fingerprint density at radius 1 is 1.13 bits per heavy atom. The zero-order valence-electron chi connectivity index (χ0n) is 17.3. The van der Waals surface area contributed by atoms with Gasteiger partial charge in [-0.1, -0.05) is 43.3 Å². The molecule has 2 aromatic rings. The van der Waals surface area contributed by atoms with Crippen molar-refractivity contribution in [1.29, 1.82) is 0 Å². The Labute approximate surface area is 177 Å². The summed E-state index contributed by atoms with van der Waals surface area (Å²) in [5.74, 6) is -0.0180.